The van der Waals surface area contributed by atoms with Crippen LogP contribution >= 0.6 is 0 Å². The third kappa shape index (κ3) is 3.51. The molecule has 0 spiro atoms. The summed E-state index contributed by atoms with van der Waals surface area (Å²) in [4.78, 5) is 0. The Balaban J connectivity index is 3.39. The third-order valence-electron chi connectivity index (χ3n) is 4.31. The molecule has 1 rings (SSSR count). The van der Waals surface area contributed by atoms with Gasteiger partial charge in [-0.25, -0.2) is 0 Å². The highest BCUT2D eigenvalue weighted by Gasteiger charge is 2.43. The van der Waals surface area contributed by atoms with Crippen LogP contribution in [0.2, 0.25) is 0 Å². The number of rotatable bonds is 0. The Morgan fingerprint density at radius 2 is 1.37 bits per heavy atom. The van der Waals surface area contributed by atoms with Crippen molar-refractivity contribution in [1.29, 1.82) is 0 Å². The number of hydrogen-bond donors (Lipinski definition) is 1. The normalized spacial score (nSPS) is 26.0. The van der Waals surface area contributed by atoms with Gasteiger partial charge in [0.15, 0.2) is 0 Å². The van der Waals surface area contributed by atoms with Gasteiger partial charge in [0.05, 0.1) is 5.60 Å². The van der Waals surface area contributed by atoms with E-state index < -0.39 is 5.60 Å². The van der Waals surface area contributed by atoms with Crippen molar-refractivity contribution in [3.05, 3.63) is 23.3 Å². The van der Waals surface area contributed by atoms with Gasteiger partial charge in [-0.05, 0) is 27.9 Å². The number of aliphatic hydroxyl groups is 1. The zero-order chi connectivity index (χ0) is 15.3. The first-order valence-electron chi connectivity index (χ1n) is 7.34. The van der Waals surface area contributed by atoms with Gasteiger partial charge in [-0.3, -0.25) is 0 Å². The molecule has 110 valence electrons. The van der Waals surface area contributed by atoms with Crippen LogP contribution in [0.4, 0.5) is 0 Å². The Hall–Kier alpha value is -0.560. The van der Waals surface area contributed by atoms with Crippen LogP contribution in [0.15, 0.2) is 23.3 Å². The first-order valence-corrected chi connectivity index (χ1v) is 7.34. The predicted molar refractivity (Wildman–Crippen MR) is 84.1 cm³/mol. The molecule has 0 aromatic carbocycles. The Labute approximate surface area is 119 Å². The van der Waals surface area contributed by atoms with E-state index in [1.54, 1.807) is 0 Å². The molecule has 1 atom stereocenters. The molecule has 1 nitrogen and oxygen atoms in total. The van der Waals surface area contributed by atoms with Crippen molar-refractivity contribution >= 4 is 0 Å². The van der Waals surface area contributed by atoms with Gasteiger partial charge in [0.25, 0.3) is 0 Å². The lowest BCUT2D eigenvalue weighted by Crippen LogP contribution is -2.44. The molecule has 0 amide bonds. The lowest BCUT2D eigenvalue weighted by Gasteiger charge is -2.45. The van der Waals surface area contributed by atoms with Gasteiger partial charge < -0.3 is 5.11 Å². The summed E-state index contributed by atoms with van der Waals surface area (Å²) in [6.45, 7) is 19.7. The van der Waals surface area contributed by atoms with Crippen LogP contribution in [-0.2, 0) is 0 Å². The summed E-state index contributed by atoms with van der Waals surface area (Å²) < 4.78 is 0. The van der Waals surface area contributed by atoms with E-state index in [1.807, 2.05) is 0 Å². The maximum absolute atomic E-state index is 11.2. The predicted octanol–water partition coefficient (Wildman–Crippen LogP) is 5.11. The highest BCUT2D eigenvalue weighted by atomic mass is 16.3. The molecule has 1 unspecified atom stereocenters. The highest BCUT2D eigenvalue weighted by molar-refractivity contribution is 5.39. The van der Waals surface area contributed by atoms with Crippen molar-refractivity contribution in [1.82, 2.24) is 0 Å². The summed E-state index contributed by atoms with van der Waals surface area (Å²) in [5, 5.41) is 11.2. The van der Waals surface area contributed by atoms with Crippen LogP contribution in [-0.4, -0.2) is 10.7 Å². The molecule has 1 aliphatic carbocycles. The standard InChI is InChI=1S/C18H32O/c1-15(2,3)13-10-14(16(4,5)6)12-18(19,11-13)17(7,8)9/h10-11,19H,12H2,1-9H3. The van der Waals surface area contributed by atoms with Gasteiger partial charge in [-0.2, -0.15) is 0 Å². The topological polar surface area (TPSA) is 20.2 Å². The lowest BCUT2D eigenvalue weighted by molar-refractivity contribution is -0.0190. The fourth-order valence-electron chi connectivity index (χ4n) is 2.28. The van der Waals surface area contributed by atoms with Gasteiger partial charge in [0, 0.05) is 6.42 Å². The molecule has 19 heavy (non-hydrogen) atoms. The molecule has 1 aliphatic rings. The van der Waals surface area contributed by atoms with E-state index in [4.69, 9.17) is 0 Å². The molecule has 0 aromatic rings. The molecule has 0 aliphatic heterocycles. The lowest BCUT2D eigenvalue weighted by atomic mass is 9.64. The van der Waals surface area contributed by atoms with Crippen molar-refractivity contribution in [3.63, 3.8) is 0 Å². The summed E-state index contributed by atoms with van der Waals surface area (Å²) in [6, 6.07) is 0. The van der Waals surface area contributed by atoms with E-state index in [1.165, 1.54) is 11.1 Å². The Morgan fingerprint density at radius 1 is 0.895 bits per heavy atom. The fourth-order valence-corrected chi connectivity index (χ4v) is 2.28. The second kappa shape index (κ2) is 4.48. The summed E-state index contributed by atoms with van der Waals surface area (Å²) in [5.41, 5.74) is 1.85. The van der Waals surface area contributed by atoms with E-state index in [0.717, 1.165) is 6.42 Å². The number of allylic oxidation sites excluding steroid dienone is 2. The summed E-state index contributed by atoms with van der Waals surface area (Å²) in [6.07, 6.45) is 5.14. The minimum absolute atomic E-state index is 0.0656. The van der Waals surface area contributed by atoms with E-state index in [9.17, 15) is 5.11 Å². The molecule has 0 saturated carbocycles. The third-order valence-corrected chi connectivity index (χ3v) is 4.31. The molecule has 1 heteroatoms. The van der Waals surface area contributed by atoms with Crippen LogP contribution in [0.1, 0.15) is 68.7 Å². The molecular formula is C18H32O. The van der Waals surface area contributed by atoms with Crippen LogP contribution in [0.3, 0.4) is 0 Å². The molecule has 0 fully saturated rings. The maximum Gasteiger partial charge on any atom is 0.0918 e. The quantitative estimate of drug-likeness (QED) is 0.644. The van der Waals surface area contributed by atoms with Crippen molar-refractivity contribution in [2.24, 2.45) is 16.2 Å². The van der Waals surface area contributed by atoms with Crippen LogP contribution < -0.4 is 0 Å². The largest absolute Gasteiger partial charge is 0.385 e. The SMILES string of the molecule is CC(C)(C)C1=CC(O)(C(C)(C)C)CC(C(C)(C)C)=C1. The van der Waals surface area contributed by atoms with Gasteiger partial charge >= 0.3 is 0 Å². The van der Waals surface area contributed by atoms with Crippen molar-refractivity contribution < 1.29 is 5.11 Å². The Bertz CT molecular complexity index is 404. The molecule has 1 N–H and O–H groups in total. The average molecular weight is 264 g/mol. The van der Waals surface area contributed by atoms with Crippen LogP contribution in [0.5, 0.6) is 0 Å². The van der Waals surface area contributed by atoms with E-state index in [2.05, 4.69) is 74.5 Å². The first-order chi connectivity index (χ1) is 8.17. The fraction of sp³-hybridized carbons (Fsp3) is 0.778. The monoisotopic (exact) mass is 264 g/mol. The molecule has 0 aromatic heterocycles. The molecular weight excluding hydrogens is 232 g/mol. The van der Waals surface area contributed by atoms with Crippen LogP contribution in [0, 0.1) is 16.2 Å². The minimum atomic E-state index is -0.757. The molecule has 0 saturated heterocycles. The minimum Gasteiger partial charge on any atom is -0.385 e. The molecule has 0 radical (unpaired) electrons. The molecule has 0 bridgehead atoms. The highest BCUT2D eigenvalue weighted by Crippen LogP contribution is 2.47. The Morgan fingerprint density at radius 3 is 1.68 bits per heavy atom. The first kappa shape index (κ1) is 16.5. The van der Waals surface area contributed by atoms with Crippen LogP contribution in [0.25, 0.3) is 0 Å². The van der Waals surface area contributed by atoms with E-state index in [-0.39, 0.29) is 16.2 Å². The zero-order valence-corrected chi connectivity index (χ0v) is 14.3. The van der Waals surface area contributed by atoms with Gasteiger partial charge in [0.2, 0.25) is 0 Å². The summed E-state index contributed by atoms with van der Waals surface area (Å²) in [5.74, 6) is 0. The van der Waals surface area contributed by atoms with Gasteiger partial charge in [0.1, 0.15) is 0 Å². The average Bonchev–Trinajstić information content (AvgIpc) is 2.12. The summed E-state index contributed by atoms with van der Waals surface area (Å²) in [7, 11) is 0. The Kier molecular flexibility index (Phi) is 3.89. The number of hydrogen-bond acceptors (Lipinski definition) is 1. The van der Waals surface area contributed by atoms with Gasteiger partial charge in [-0.1, -0.05) is 74.0 Å². The second-order valence-electron chi connectivity index (χ2n) is 9.12. The molecule has 0 heterocycles. The van der Waals surface area contributed by atoms with Crippen molar-refractivity contribution in [3.8, 4) is 0 Å². The smallest absolute Gasteiger partial charge is 0.0918 e. The van der Waals surface area contributed by atoms with Crippen molar-refractivity contribution in [2.75, 3.05) is 0 Å². The second-order valence-corrected chi connectivity index (χ2v) is 9.12. The van der Waals surface area contributed by atoms with E-state index in [0.29, 0.717) is 0 Å². The van der Waals surface area contributed by atoms with Gasteiger partial charge in [-0.15, -0.1) is 0 Å². The maximum atomic E-state index is 11.2. The zero-order valence-electron chi connectivity index (χ0n) is 14.3. The summed E-state index contributed by atoms with van der Waals surface area (Å²) >= 11 is 0. The van der Waals surface area contributed by atoms with E-state index >= 15 is 0 Å². The van der Waals surface area contributed by atoms with Crippen molar-refractivity contribution in [2.45, 2.75) is 74.3 Å².